The summed E-state index contributed by atoms with van der Waals surface area (Å²) in [7, 11) is 5.02. The first-order valence-electron chi connectivity index (χ1n) is 9.28. The van der Waals surface area contributed by atoms with Gasteiger partial charge in [-0.05, 0) is 58.9 Å². The Bertz CT molecular complexity index is 1020. The van der Waals surface area contributed by atoms with Crippen molar-refractivity contribution in [2.24, 2.45) is 0 Å². The van der Waals surface area contributed by atoms with Gasteiger partial charge in [0.05, 0.1) is 21.3 Å². The first kappa shape index (κ1) is 17.5. The molecule has 0 unspecified atom stereocenters. The van der Waals surface area contributed by atoms with Gasteiger partial charge in [-0.2, -0.15) is 0 Å². The van der Waals surface area contributed by atoms with Gasteiger partial charge < -0.3 is 14.2 Å². The highest BCUT2D eigenvalue weighted by atomic mass is 16.5. The SMILES string of the molecule is COc1cc2c(c(OC)c1OC)CCCC=C2c1ccc2ccccc2c1. The van der Waals surface area contributed by atoms with Gasteiger partial charge in [-0.1, -0.05) is 42.5 Å². The first-order valence-corrected chi connectivity index (χ1v) is 9.28. The second-order valence-corrected chi connectivity index (χ2v) is 6.74. The van der Waals surface area contributed by atoms with E-state index in [1.807, 2.05) is 0 Å². The number of hydrogen-bond donors (Lipinski definition) is 0. The summed E-state index contributed by atoms with van der Waals surface area (Å²) in [5.41, 5.74) is 4.79. The van der Waals surface area contributed by atoms with E-state index >= 15 is 0 Å². The summed E-state index contributed by atoms with van der Waals surface area (Å²) in [5.74, 6) is 2.14. The number of hydrogen-bond acceptors (Lipinski definition) is 3. The molecule has 3 heteroatoms. The normalized spacial score (nSPS) is 13.5. The average Bonchev–Trinajstić information content (AvgIpc) is 2.94. The Morgan fingerprint density at radius 3 is 2.30 bits per heavy atom. The fourth-order valence-corrected chi connectivity index (χ4v) is 3.97. The topological polar surface area (TPSA) is 27.7 Å². The molecule has 138 valence electrons. The van der Waals surface area contributed by atoms with Crippen LogP contribution in [0.5, 0.6) is 17.2 Å². The monoisotopic (exact) mass is 360 g/mol. The number of benzene rings is 3. The predicted molar refractivity (Wildman–Crippen MR) is 110 cm³/mol. The molecule has 27 heavy (non-hydrogen) atoms. The first-order chi connectivity index (χ1) is 13.3. The molecule has 0 bridgehead atoms. The predicted octanol–water partition coefficient (Wildman–Crippen LogP) is 5.63. The largest absolute Gasteiger partial charge is 0.493 e. The summed E-state index contributed by atoms with van der Waals surface area (Å²) in [6, 6.07) is 17.2. The molecule has 0 N–H and O–H groups in total. The third kappa shape index (κ3) is 3.03. The Kier molecular flexibility index (Phi) is 4.76. The van der Waals surface area contributed by atoms with Crippen LogP contribution in [0.2, 0.25) is 0 Å². The number of allylic oxidation sites excluding steroid dienone is 1. The molecule has 0 saturated carbocycles. The van der Waals surface area contributed by atoms with E-state index < -0.39 is 0 Å². The highest BCUT2D eigenvalue weighted by molar-refractivity contribution is 5.91. The highest BCUT2D eigenvalue weighted by Gasteiger charge is 2.24. The Hall–Kier alpha value is -2.94. The summed E-state index contributed by atoms with van der Waals surface area (Å²) >= 11 is 0. The van der Waals surface area contributed by atoms with Gasteiger partial charge in [0.15, 0.2) is 11.5 Å². The lowest BCUT2D eigenvalue weighted by atomic mass is 9.91. The molecule has 3 nitrogen and oxygen atoms in total. The molecule has 0 radical (unpaired) electrons. The van der Waals surface area contributed by atoms with Crippen molar-refractivity contribution in [2.45, 2.75) is 19.3 Å². The van der Waals surface area contributed by atoms with E-state index in [-0.39, 0.29) is 0 Å². The second-order valence-electron chi connectivity index (χ2n) is 6.74. The standard InChI is InChI=1S/C24H24O3/c1-25-22-15-21-19(18-13-12-16-8-4-5-9-17(16)14-18)10-6-7-11-20(21)23(26-2)24(22)27-3/h4-5,8-10,12-15H,6-7,11H2,1-3H3. The maximum atomic E-state index is 5.75. The minimum Gasteiger partial charge on any atom is -0.493 e. The molecule has 1 aliphatic carbocycles. The van der Waals surface area contributed by atoms with Gasteiger partial charge >= 0.3 is 0 Å². The van der Waals surface area contributed by atoms with Crippen molar-refractivity contribution >= 4 is 16.3 Å². The zero-order valence-electron chi connectivity index (χ0n) is 16.0. The van der Waals surface area contributed by atoms with Gasteiger partial charge in [0.1, 0.15) is 0 Å². The van der Waals surface area contributed by atoms with Crippen LogP contribution in [0, 0.1) is 0 Å². The van der Waals surface area contributed by atoms with Gasteiger partial charge in [-0.25, -0.2) is 0 Å². The van der Waals surface area contributed by atoms with Crippen LogP contribution in [0.1, 0.15) is 29.5 Å². The maximum absolute atomic E-state index is 5.75. The fourth-order valence-electron chi connectivity index (χ4n) is 3.97. The molecule has 0 spiro atoms. The molecule has 3 aromatic carbocycles. The Labute approximate surface area is 160 Å². The zero-order valence-corrected chi connectivity index (χ0v) is 16.0. The Morgan fingerprint density at radius 2 is 1.56 bits per heavy atom. The lowest BCUT2D eigenvalue weighted by Gasteiger charge is -2.20. The van der Waals surface area contributed by atoms with Gasteiger partial charge in [0, 0.05) is 5.56 Å². The summed E-state index contributed by atoms with van der Waals surface area (Å²) in [6.07, 6.45) is 5.40. The smallest absolute Gasteiger partial charge is 0.203 e. The van der Waals surface area contributed by atoms with Crippen LogP contribution >= 0.6 is 0 Å². The van der Waals surface area contributed by atoms with Crippen LogP contribution in [0.4, 0.5) is 0 Å². The van der Waals surface area contributed by atoms with Crippen LogP contribution in [-0.4, -0.2) is 21.3 Å². The number of rotatable bonds is 4. The van der Waals surface area contributed by atoms with E-state index in [0.717, 1.165) is 30.6 Å². The van der Waals surface area contributed by atoms with Gasteiger partial charge in [0.2, 0.25) is 5.75 Å². The van der Waals surface area contributed by atoms with Crippen molar-refractivity contribution in [3.8, 4) is 17.2 Å². The van der Waals surface area contributed by atoms with E-state index in [9.17, 15) is 0 Å². The van der Waals surface area contributed by atoms with E-state index in [1.165, 1.54) is 27.5 Å². The summed E-state index contributed by atoms with van der Waals surface area (Å²) in [6.45, 7) is 0. The van der Waals surface area contributed by atoms with Gasteiger partial charge in [0.25, 0.3) is 0 Å². The van der Waals surface area contributed by atoms with Crippen molar-refractivity contribution in [2.75, 3.05) is 21.3 Å². The van der Waals surface area contributed by atoms with Crippen molar-refractivity contribution in [1.82, 2.24) is 0 Å². The molecule has 1 aliphatic rings. The fraction of sp³-hybridized carbons (Fsp3) is 0.250. The molecule has 0 amide bonds. The Balaban J connectivity index is 1.94. The van der Waals surface area contributed by atoms with E-state index in [4.69, 9.17) is 14.2 Å². The molecule has 0 atom stereocenters. The van der Waals surface area contributed by atoms with Crippen molar-refractivity contribution in [3.63, 3.8) is 0 Å². The molecule has 0 saturated heterocycles. The van der Waals surface area contributed by atoms with Gasteiger partial charge in [-0.3, -0.25) is 0 Å². The van der Waals surface area contributed by atoms with E-state index in [0.29, 0.717) is 11.5 Å². The molecule has 0 aliphatic heterocycles. The third-order valence-corrected chi connectivity index (χ3v) is 5.26. The van der Waals surface area contributed by atoms with Crippen molar-refractivity contribution in [3.05, 3.63) is 71.3 Å². The summed E-state index contributed by atoms with van der Waals surface area (Å²) in [5, 5.41) is 2.50. The summed E-state index contributed by atoms with van der Waals surface area (Å²) in [4.78, 5) is 0. The lowest BCUT2D eigenvalue weighted by molar-refractivity contribution is 0.322. The lowest BCUT2D eigenvalue weighted by Crippen LogP contribution is -2.03. The average molecular weight is 360 g/mol. The highest BCUT2D eigenvalue weighted by Crippen LogP contribution is 2.46. The van der Waals surface area contributed by atoms with Crippen molar-refractivity contribution in [1.29, 1.82) is 0 Å². The molecular formula is C24H24O3. The number of ether oxygens (including phenoxy) is 3. The zero-order chi connectivity index (χ0) is 18.8. The molecule has 0 heterocycles. The van der Waals surface area contributed by atoms with Gasteiger partial charge in [-0.15, -0.1) is 0 Å². The molecule has 3 aromatic rings. The Morgan fingerprint density at radius 1 is 0.778 bits per heavy atom. The molecular weight excluding hydrogens is 336 g/mol. The van der Waals surface area contributed by atoms with Crippen molar-refractivity contribution < 1.29 is 14.2 Å². The quantitative estimate of drug-likeness (QED) is 0.603. The third-order valence-electron chi connectivity index (χ3n) is 5.26. The maximum Gasteiger partial charge on any atom is 0.203 e. The van der Waals surface area contributed by atoms with Crippen LogP contribution in [-0.2, 0) is 6.42 Å². The van der Waals surface area contributed by atoms with Crippen LogP contribution in [0.25, 0.3) is 16.3 Å². The second kappa shape index (κ2) is 7.36. The van der Waals surface area contributed by atoms with Crippen LogP contribution in [0.15, 0.2) is 54.6 Å². The van der Waals surface area contributed by atoms with E-state index in [1.54, 1.807) is 21.3 Å². The number of methoxy groups -OCH3 is 3. The summed E-state index contributed by atoms with van der Waals surface area (Å²) < 4.78 is 17.0. The van der Waals surface area contributed by atoms with E-state index in [2.05, 4.69) is 54.6 Å². The molecule has 4 rings (SSSR count). The minimum atomic E-state index is 0.665. The molecule has 0 fully saturated rings. The number of fused-ring (bicyclic) bond motifs is 2. The molecule has 0 aromatic heterocycles. The van der Waals surface area contributed by atoms with Crippen LogP contribution < -0.4 is 14.2 Å². The van der Waals surface area contributed by atoms with Crippen LogP contribution in [0.3, 0.4) is 0 Å². The minimum absolute atomic E-state index is 0.665.